The molecule has 0 aliphatic heterocycles. The standard InChI is InChI=1S/C8H11N2O/c1-2-11-7-4-8-9-5-3-6-10-8/h2-3,5-6H,4,7H2,1H3. The van der Waals surface area contributed by atoms with E-state index in [-0.39, 0.29) is 0 Å². The van der Waals surface area contributed by atoms with Crippen LogP contribution in [-0.4, -0.2) is 16.6 Å². The van der Waals surface area contributed by atoms with Gasteiger partial charge in [-0.05, 0) is 13.0 Å². The van der Waals surface area contributed by atoms with E-state index >= 15 is 0 Å². The lowest BCUT2D eigenvalue weighted by molar-refractivity contribution is 0.206. The molecular formula is C8H11N2O. The Balaban J connectivity index is 2.28. The van der Waals surface area contributed by atoms with Crippen LogP contribution in [0.2, 0.25) is 0 Å². The first-order chi connectivity index (χ1) is 5.43. The number of nitrogens with zero attached hydrogens (tertiary/aromatic N) is 2. The topological polar surface area (TPSA) is 35.0 Å². The van der Waals surface area contributed by atoms with Crippen molar-refractivity contribution in [2.45, 2.75) is 13.3 Å². The highest BCUT2D eigenvalue weighted by atomic mass is 16.5. The van der Waals surface area contributed by atoms with Crippen LogP contribution >= 0.6 is 0 Å². The Morgan fingerprint density at radius 2 is 2.18 bits per heavy atom. The lowest BCUT2D eigenvalue weighted by Gasteiger charge is -1.97. The first kappa shape index (κ1) is 8.14. The van der Waals surface area contributed by atoms with E-state index in [9.17, 15) is 0 Å². The van der Waals surface area contributed by atoms with Gasteiger partial charge in [-0.15, -0.1) is 0 Å². The van der Waals surface area contributed by atoms with Gasteiger partial charge in [0.25, 0.3) is 0 Å². The lowest BCUT2D eigenvalue weighted by Crippen LogP contribution is -1.99. The summed E-state index contributed by atoms with van der Waals surface area (Å²) >= 11 is 0. The second kappa shape index (κ2) is 4.79. The van der Waals surface area contributed by atoms with E-state index in [1.165, 1.54) is 0 Å². The molecule has 0 bridgehead atoms. The molecule has 0 aliphatic rings. The molecule has 1 rings (SSSR count). The minimum Gasteiger partial charge on any atom is -0.375 e. The van der Waals surface area contributed by atoms with Crippen molar-refractivity contribution in [3.05, 3.63) is 30.9 Å². The maximum Gasteiger partial charge on any atom is 0.130 e. The van der Waals surface area contributed by atoms with E-state index in [4.69, 9.17) is 4.74 Å². The van der Waals surface area contributed by atoms with Gasteiger partial charge in [0.15, 0.2) is 0 Å². The average Bonchev–Trinajstić information content (AvgIpc) is 2.07. The van der Waals surface area contributed by atoms with E-state index in [2.05, 4.69) is 9.97 Å². The Morgan fingerprint density at radius 1 is 1.45 bits per heavy atom. The van der Waals surface area contributed by atoms with Gasteiger partial charge in [0.05, 0.1) is 13.2 Å². The molecule has 1 heterocycles. The van der Waals surface area contributed by atoms with Crippen LogP contribution in [0.4, 0.5) is 0 Å². The largest absolute Gasteiger partial charge is 0.375 e. The average molecular weight is 151 g/mol. The number of aromatic nitrogens is 2. The molecule has 1 radical (unpaired) electrons. The predicted molar refractivity (Wildman–Crippen MR) is 41.7 cm³/mol. The van der Waals surface area contributed by atoms with Crippen LogP contribution in [0.5, 0.6) is 0 Å². The minimum absolute atomic E-state index is 0.653. The molecule has 1 aromatic rings. The lowest BCUT2D eigenvalue weighted by atomic mass is 10.4. The van der Waals surface area contributed by atoms with Crippen LogP contribution in [0, 0.1) is 6.61 Å². The summed E-state index contributed by atoms with van der Waals surface area (Å²) in [6.07, 6.45) is 4.24. The number of rotatable bonds is 4. The Hall–Kier alpha value is -0.960. The van der Waals surface area contributed by atoms with Crippen molar-refractivity contribution >= 4 is 0 Å². The van der Waals surface area contributed by atoms with Gasteiger partial charge in [-0.25, -0.2) is 9.97 Å². The molecule has 0 N–H and O–H groups in total. The van der Waals surface area contributed by atoms with Crippen LogP contribution in [0.15, 0.2) is 18.5 Å². The molecule has 3 nitrogen and oxygen atoms in total. The fraction of sp³-hybridized carbons (Fsp3) is 0.375. The van der Waals surface area contributed by atoms with E-state index in [1.54, 1.807) is 25.1 Å². The van der Waals surface area contributed by atoms with E-state index in [1.807, 2.05) is 6.92 Å². The van der Waals surface area contributed by atoms with Gasteiger partial charge in [-0.2, -0.15) is 0 Å². The molecule has 0 fully saturated rings. The number of ether oxygens (including phenoxy) is 1. The molecule has 3 heteroatoms. The predicted octanol–water partition coefficient (Wildman–Crippen LogP) is 1.22. The van der Waals surface area contributed by atoms with Gasteiger partial charge < -0.3 is 4.74 Å². The van der Waals surface area contributed by atoms with Crippen molar-refractivity contribution in [3.8, 4) is 0 Å². The zero-order valence-electron chi connectivity index (χ0n) is 6.53. The molecule has 59 valence electrons. The molecule has 0 saturated heterocycles. The summed E-state index contributed by atoms with van der Waals surface area (Å²) in [5, 5.41) is 0. The van der Waals surface area contributed by atoms with Gasteiger partial charge >= 0.3 is 0 Å². The normalized spacial score (nSPS) is 9.91. The Morgan fingerprint density at radius 3 is 2.82 bits per heavy atom. The van der Waals surface area contributed by atoms with Crippen LogP contribution < -0.4 is 0 Å². The van der Waals surface area contributed by atoms with Crippen molar-refractivity contribution < 1.29 is 4.74 Å². The SMILES string of the molecule is C[CH]OCCc1ncccn1. The summed E-state index contributed by atoms with van der Waals surface area (Å²) in [4.78, 5) is 8.09. The summed E-state index contributed by atoms with van der Waals surface area (Å²) in [5.74, 6) is 0.828. The van der Waals surface area contributed by atoms with E-state index in [0.29, 0.717) is 6.61 Å². The molecule has 0 aliphatic carbocycles. The van der Waals surface area contributed by atoms with Gasteiger partial charge in [0.1, 0.15) is 5.82 Å². The monoisotopic (exact) mass is 151 g/mol. The first-order valence-corrected chi connectivity index (χ1v) is 3.59. The summed E-state index contributed by atoms with van der Waals surface area (Å²) in [6, 6.07) is 1.80. The quantitative estimate of drug-likeness (QED) is 0.607. The second-order valence-electron chi connectivity index (χ2n) is 2.02. The van der Waals surface area contributed by atoms with Crippen LogP contribution in [0.1, 0.15) is 12.7 Å². The number of hydrogen-bond acceptors (Lipinski definition) is 3. The second-order valence-corrected chi connectivity index (χ2v) is 2.02. The van der Waals surface area contributed by atoms with Gasteiger partial charge in [-0.3, -0.25) is 0 Å². The highest BCUT2D eigenvalue weighted by molar-refractivity contribution is 4.88. The number of hydrogen-bond donors (Lipinski definition) is 0. The summed E-state index contributed by atoms with van der Waals surface area (Å²) < 4.78 is 5.03. The van der Waals surface area contributed by atoms with Crippen molar-refractivity contribution in [3.63, 3.8) is 0 Å². The first-order valence-electron chi connectivity index (χ1n) is 3.59. The zero-order valence-corrected chi connectivity index (χ0v) is 6.53. The van der Waals surface area contributed by atoms with Crippen LogP contribution in [-0.2, 0) is 11.2 Å². The minimum atomic E-state index is 0.653. The molecule has 11 heavy (non-hydrogen) atoms. The molecular weight excluding hydrogens is 140 g/mol. The van der Waals surface area contributed by atoms with E-state index in [0.717, 1.165) is 12.2 Å². The Labute approximate surface area is 66.4 Å². The van der Waals surface area contributed by atoms with Crippen molar-refractivity contribution in [1.29, 1.82) is 0 Å². The Bertz CT molecular complexity index is 189. The molecule has 0 aromatic carbocycles. The van der Waals surface area contributed by atoms with Gasteiger partial charge in [0, 0.05) is 18.8 Å². The fourth-order valence-electron chi connectivity index (χ4n) is 0.727. The molecule has 0 amide bonds. The molecule has 0 saturated carbocycles. The molecule has 0 spiro atoms. The fourth-order valence-corrected chi connectivity index (χ4v) is 0.727. The van der Waals surface area contributed by atoms with Gasteiger partial charge in [-0.1, -0.05) is 0 Å². The smallest absolute Gasteiger partial charge is 0.130 e. The summed E-state index contributed by atoms with van der Waals surface area (Å²) in [5.41, 5.74) is 0. The maximum atomic E-state index is 5.03. The third kappa shape index (κ3) is 3.09. The summed E-state index contributed by atoms with van der Waals surface area (Å²) in [6.45, 7) is 4.18. The van der Waals surface area contributed by atoms with Crippen molar-refractivity contribution in [1.82, 2.24) is 9.97 Å². The third-order valence-corrected chi connectivity index (χ3v) is 1.23. The highest BCUT2D eigenvalue weighted by Crippen LogP contribution is 1.90. The van der Waals surface area contributed by atoms with Crippen molar-refractivity contribution in [2.75, 3.05) is 6.61 Å². The zero-order chi connectivity index (χ0) is 7.94. The summed E-state index contributed by atoms with van der Waals surface area (Å²) in [7, 11) is 0. The molecule has 0 unspecified atom stereocenters. The third-order valence-electron chi connectivity index (χ3n) is 1.23. The molecule has 1 aromatic heterocycles. The maximum absolute atomic E-state index is 5.03. The highest BCUT2D eigenvalue weighted by Gasteiger charge is 1.92. The van der Waals surface area contributed by atoms with Crippen molar-refractivity contribution in [2.24, 2.45) is 0 Å². The Kier molecular flexibility index (Phi) is 3.55. The van der Waals surface area contributed by atoms with Crippen LogP contribution in [0.3, 0.4) is 0 Å². The van der Waals surface area contributed by atoms with Gasteiger partial charge in [0.2, 0.25) is 0 Å². The molecule has 0 atom stereocenters. The van der Waals surface area contributed by atoms with Crippen LogP contribution in [0.25, 0.3) is 0 Å². The van der Waals surface area contributed by atoms with E-state index < -0.39 is 0 Å².